The van der Waals surface area contributed by atoms with Crippen molar-refractivity contribution in [2.24, 2.45) is 11.3 Å². The summed E-state index contributed by atoms with van der Waals surface area (Å²) in [6.07, 6.45) is 1.33. The summed E-state index contributed by atoms with van der Waals surface area (Å²) < 4.78 is 10.7. The molecular formula is C20H29N3O3. The Morgan fingerprint density at radius 1 is 1.35 bits per heavy atom. The Hall–Kier alpha value is -2.37. The number of carbonyl (C=O) groups is 1. The molecule has 6 nitrogen and oxygen atoms in total. The number of nitrogens with zero attached hydrogens (tertiary/aromatic N) is 2. The van der Waals surface area contributed by atoms with Gasteiger partial charge in [0.25, 0.3) is 0 Å². The molecule has 2 rings (SSSR count). The van der Waals surface area contributed by atoms with Crippen LogP contribution in [-0.4, -0.2) is 23.2 Å². The third-order valence-electron chi connectivity index (χ3n) is 4.26. The van der Waals surface area contributed by atoms with E-state index in [9.17, 15) is 4.79 Å². The minimum atomic E-state index is -0.304. The largest absolute Gasteiger partial charge is 0.497 e. The fourth-order valence-electron chi connectivity index (χ4n) is 2.63. The molecule has 142 valence electrons. The van der Waals surface area contributed by atoms with Gasteiger partial charge >= 0.3 is 0 Å². The molecule has 1 N–H and O–H groups in total. The third kappa shape index (κ3) is 5.31. The number of rotatable bonds is 7. The van der Waals surface area contributed by atoms with Gasteiger partial charge in [-0.2, -0.15) is 4.98 Å². The summed E-state index contributed by atoms with van der Waals surface area (Å²) in [5, 5.41) is 7.16. The van der Waals surface area contributed by atoms with Crippen molar-refractivity contribution in [1.82, 2.24) is 15.5 Å². The Balaban J connectivity index is 2.23. The molecule has 0 aliphatic carbocycles. The third-order valence-corrected chi connectivity index (χ3v) is 4.26. The van der Waals surface area contributed by atoms with Gasteiger partial charge in [0.1, 0.15) is 11.8 Å². The predicted octanol–water partition coefficient (Wildman–Crippen LogP) is 4.38. The molecule has 0 aliphatic rings. The number of benzene rings is 1. The van der Waals surface area contributed by atoms with E-state index in [2.05, 4.69) is 29.3 Å². The summed E-state index contributed by atoms with van der Waals surface area (Å²) in [7, 11) is 1.62. The Morgan fingerprint density at radius 3 is 2.69 bits per heavy atom. The molecule has 26 heavy (non-hydrogen) atoms. The fourth-order valence-corrected chi connectivity index (χ4v) is 2.63. The van der Waals surface area contributed by atoms with Gasteiger partial charge in [-0.05, 0) is 23.5 Å². The number of carbonyl (C=O) groups excluding carboxylic acids is 1. The molecule has 1 amide bonds. The minimum absolute atomic E-state index is 0.0102. The first-order valence-corrected chi connectivity index (χ1v) is 9.01. The molecule has 2 aromatic rings. The van der Waals surface area contributed by atoms with Crippen LogP contribution in [0.15, 0.2) is 28.8 Å². The quantitative estimate of drug-likeness (QED) is 0.793. The Morgan fingerprint density at radius 2 is 2.08 bits per heavy atom. The molecule has 0 fully saturated rings. The monoisotopic (exact) mass is 359 g/mol. The lowest BCUT2D eigenvalue weighted by molar-refractivity contribution is -0.124. The van der Waals surface area contributed by atoms with E-state index >= 15 is 0 Å². The Labute approximate surface area is 155 Å². The molecule has 1 aromatic carbocycles. The number of amides is 1. The lowest BCUT2D eigenvalue weighted by atomic mass is 9.91. The molecule has 0 saturated heterocycles. The van der Waals surface area contributed by atoms with E-state index < -0.39 is 0 Å². The van der Waals surface area contributed by atoms with E-state index in [1.165, 1.54) is 0 Å². The average Bonchev–Trinajstić information content (AvgIpc) is 3.07. The summed E-state index contributed by atoms with van der Waals surface area (Å²) in [5.41, 5.74) is 0.730. The molecule has 0 bridgehead atoms. The lowest BCUT2D eigenvalue weighted by Crippen LogP contribution is -2.34. The van der Waals surface area contributed by atoms with E-state index in [0.717, 1.165) is 17.7 Å². The van der Waals surface area contributed by atoms with Gasteiger partial charge in [-0.15, -0.1) is 0 Å². The van der Waals surface area contributed by atoms with Gasteiger partial charge in [-0.3, -0.25) is 4.79 Å². The van der Waals surface area contributed by atoms with Gasteiger partial charge in [0.05, 0.1) is 7.11 Å². The maximum atomic E-state index is 12.4. The number of nitrogens with one attached hydrogen (secondary N) is 1. The molecule has 1 heterocycles. The van der Waals surface area contributed by atoms with Crippen LogP contribution in [0.25, 0.3) is 11.4 Å². The first-order valence-electron chi connectivity index (χ1n) is 9.01. The van der Waals surface area contributed by atoms with Gasteiger partial charge in [-0.25, -0.2) is 0 Å². The number of aromatic nitrogens is 2. The molecule has 0 radical (unpaired) electrons. The highest BCUT2D eigenvalue weighted by Crippen LogP contribution is 2.28. The summed E-state index contributed by atoms with van der Waals surface area (Å²) in [5.74, 6) is 1.81. The first-order chi connectivity index (χ1) is 12.2. The van der Waals surface area contributed by atoms with Crippen LogP contribution in [0.3, 0.4) is 0 Å². The average molecular weight is 359 g/mol. The van der Waals surface area contributed by atoms with Gasteiger partial charge < -0.3 is 14.6 Å². The zero-order chi connectivity index (χ0) is 19.3. The van der Waals surface area contributed by atoms with Crippen LogP contribution in [0.2, 0.25) is 0 Å². The normalized spacial score (nSPS) is 13.9. The highest BCUT2D eigenvalue weighted by Gasteiger charge is 2.28. The van der Waals surface area contributed by atoms with E-state index in [1.807, 2.05) is 45.0 Å². The maximum absolute atomic E-state index is 12.4. The summed E-state index contributed by atoms with van der Waals surface area (Å²) in [4.78, 5) is 16.9. The van der Waals surface area contributed by atoms with E-state index in [4.69, 9.17) is 9.26 Å². The highest BCUT2D eigenvalue weighted by atomic mass is 16.5. The Kier molecular flexibility index (Phi) is 6.40. The van der Waals surface area contributed by atoms with Crippen LogP contribution >= 0.6 is 0 Å². The fraction of sp³-hybridized carbons (Fsp3) is 0.550. The molecule has 0 aliphatic heterocycles. The predicted molar refractivity (Wildman–Crippen MR) is 101 cm³/mol. The second-order valence-electron chi connectivity index (χ2n) is 7.86. The summed E-state index contributed by atoms with van der Waals surface area (Å²) >= 11 is 0. The van der Waals surface area contributed by atoms with Gasteiger partial charge in [0.15, 0.2) is 0 Å². The SMILES string of the molecule is CCC(C)C(NC(=O)CC(C)(C)C)c1nc(-c2cccc(OC)c2)no1. The van der Waals surface area contributed by atoms with Crippen molar-refractivity contribution in [3.63, 3.8) is 0 Å². The van der Waals surface area contributed by atoms with Crippen LogP contribution in [-0.2, 0) is 4.79 Å². The standard InChI is InChI=1S/C20H29N3O3/c1-7-13(2)17(21-16(24)12-20(3,4)5)19-22-18(23-26-19)14-9-8-10-15(11-14)25-6/h8-11,13,17H,7,12H2,1-6H3,(H,21,24). The molecule has 2 unspecified atom stereocenters. The van der Waals surface area contributed by atoms with Crippen molar-refractivity contribution in [2.45, 2.75) is 53.5 Å². The molecule has 1 aromatic heterocycles. The zero-order valence-corrected chi connectivity index (χ0v) is 16.5. The molecule has 0 saturated carbocycles. The van der Waals surface area contributed by atoms with E-state index in [-0.39, 0.29) is 23.3 Å². The van der Waals surface area contributed by atoms with Crippen molar-refractivity contribution >= 4 is 5.91 Å². The number of ether oxygens (including phenoxy) is 1. The zero-order valence-electron chi connectivity index (χ0n) is 16.5. The molecular weight excluding hydrogens is 330 g/mol. The van der Waals surface area contributed by atoms with Crippen molar-refractivity contribution in [3.05, 3.63) is 30.2 Å². The maximum Gasteiger partial charge on any atom is 0.249 e. The van der Waals surface area contributed by atoms with Gasteiger partial charge in [0, 0.05) is 12.0 Å². The van der Waals surface area contributed by atoms with Crippen LogP contribution < -0.4 is 10.1 Å². The molecule has 6 heteroatoms. The van der Waals surface area contributed by atoms with Crippen LogP contribution in [0.4, 0.5) is 0 Å². The first kappa shape index (κ1) is 19.9. The van der Waals surface area contributed by atoms with E-state index in [0.29, 0.717) is 18.1 Å². The number of methoxy groups -OCH3 is 1. The summed E-state index contributed by atoms with van der Waals surface area (Å²) in [6.45, 7) is 10.3. The summed E-state index contributed by atoms with van der Waals surface area (Å²) in [6, 6.07) is 7.18. The lowest BCUT2D eigenvalue weighted by Gasteiger charge is -2.23. The second-order valence-corrected chi connectivity index (χ2v) is 7.86. The van der Waals surface area contributed by atoms with Crippen molar-refractivity contribution in [3.8, 4) is 17.1 Å². The van der Waals surface area contributed by atoms with Crippen molar-refractivity contribution in [1.29, 1.82) is 0 Å². The van der Waals surface area contributed by atoms with Gasteiger partial charge in [-0.1, -0.05) is 58.3 Å². The molecule has 0 spiro atoms. The Bertz CT molecular complexity index is 734. The number of hydrogen-bond acceptors (Lipinski definition) is 5. The topological polar surface area (TPSA) is 77.2 Å². The van der Waals surface area contributed by atoms with Crippen LogP contribution in [0.1, 0.15) is 59.4 Å². The van der Waals surface area contributed by atoms with Gasteiger partial charge in [0.2, 0.25) is 17.6 Å². The second kappa shape index (κ2) is 8.34. The highest BCUT2D eigenvalue weighted by molar-refractivity contribution is 5.77. The molecule has 2 atom stereocenters. The minimum Gasteiger partial charge on any atom is -0.497 e. The van der Waals surface area contributed by atoms with Crippen LogP contribution in [0.5, 0.6) is 5.75 Å². The van der Waals surface area contributed by atoms with E-state index in [1.54, 1.807) is 7.11 Å². The van der Waals surface area contributed by atoms with Crippen molar-refractivity contribution < 1.29 is 14.1 Å². The smallest absolute Gasteiger partial charge is 0.249 e. The van der Waals surface area contributed by atoms with Crippen molar-refractivity contribution in [2.75, 3.05) is 7.11 Å². The van der Waals surface area contributed by atoms with Crippen LogP contribution in [0, 0.1) is 11.3 Å². The number of hydrogen-bond donors (Lipinski definition) is 1.